The summed E-state index contributed by atoms with van der Waals surface area (Å²) in [6.07, 6.45) is 3.09. The van der Waals surface area contributed by atoms with E-state index in [2.05, 4.69) is 5.32 Å². The molecule has 136 valence electrons. The molecule has 0 spiro atoms. The standard InChI is InChI=1S/C19H20N2O4S/c22-17(21-10-4-1-5-11-21)13-25-19(24)14-7-2-3-8-15(14)20-18(23)16-9-6-12-26-16/h2-3,6-9,12H,1,4-5,10-11,13H2,(H,20,23). The van der Waals surface area contributed by atoms with Gasteiger partial charge in [0.25, 0.3) is 11.8 Å². The zero-order valence-electron chi connectivity index (χ0n) is 14.3. The van der Waals surface area contributed by atoms with Gasteiger partial charge >= 0.3 is 5.97 Å². The predicted octanol–water partition coefficient (Wildman–Crippen LogP) is 3.17. The van der Waals surface area contributed by atoms with E-state index in [0.29, 0.717) is 23.7 Å². The van der Waals surface area contributed by atoms with E-state index >= 15 is 0 Å². The molecule has 0 saturated carbocycles. The number of carbonyl (C=O) groups excluding carboxylic acids is 3. The minimum atomic E-state index is -0.627. The van der Waals surface area contributed by atoms with Crippen molar-refractivity contribution in [3.8, 4) is 0 Å². The molecule has 1 saturated heterocycles. The van der Waals surface area contributed by atoms with E-state index in [0.717, 1.165) is 19.3 Å². The van der Waals surface area contributed by atoms with E-state index in [1.807, 2.05) is 0 Å². The van der Waals surface area contributed by atoms with Crippen molar-refractivity contribution in [1.82, 2.24) is 4.90 Å². The molecule has 2 amide bonds. The molecule has 0 bridgehead atoms. The van der Waals surface area contributed by atoms with E-state index in [1.165, 1.54) is 11.3 Å². The van der Waals surface area contributed by atoms with Gasteiger partial charge in [-0.05, 0) is 42.8 Å². The highest BCUT2D eigenvalue weighted by Gasteiger charge is 2.20. The number of piperidine rings is 1. The molecule has 1 aromatic carbocycles. The molecular formula is C19H20N2O4S. The number of ether oxygens (including phenoxy) is 1. The first-order chi connectivity index (χ1) is 12.6. The number of hydrogen-bond donors (Lipinski definition) is 1. The van der Waals surface area contributed by atoms with Crippen LogP contribution >= 0.6 is 11.3 Å². The Morgan fingerprint density at radius 2 is 1.81 bits per heavy atom. The van der Waals surface area contributed by atoms with Crippen molar-refractivity contribution in [1.29, 1.82) is 0 Å². The van der Waals surface area contributed by atoms with Gasteiger partial charge in [0.1, 0.15) is 0 Å². The lowest BCUT2D eigenvalue weighted by Gasteiger charge is -2.26. The molecule has 7 heteroatoms. The lowest BCUT2D eigenvalue weighted by atomic mass is 10.1. The first-order valence-corrected chi connectivity index (χ1v) is 9.42. The quantitative estimate of drug-likeness (QED) is 0.818. The van der Waals surface area contributed by atoms with Crippen molar-refractivity contribution >= 4 is 34.8 Å². The average Bonchev–Trinajstić information content (AvgIpc) is 3.22. The van der Waals surface area contributed by atoms with Gasteiger partial charge in [0.15, 0.2) is 6.61 Å². The second kappa shape index (κ2) is 8.62. The first-order valence-electron chi connectivity index (χ1n) is 8.54. The molecule has 26 heavy (non-hydrogen) atoms. The molecular weight excluding hydrogens is 352 g/mol. The molecule has 0 aliphatic carbocycles. The summed E-state index contributed by atoms with van der Waals surface area (Å²) in [6, 6.07) is 10.1. The normalized spacial score (nSPS) is 13.9. The number of amides is 2. The summed E-state index contributed by atoms with van der Waals surface area (Å²) in [5.74, 6) is -1.10. The number of esters is 1. The Bertz CT molecular complexity index is 783. The number of nitrogens with zero attached hydrogens (tertiary/aromatic N) is 1. The maximum Gasteiger partial charge on any atom is 0.340 e. The molecule has 6 nitrogen and oxygen atoms in total. The molecule has 0 radical (unpaired) electrons. The third-order valence-corrected chi connectivity index (χ3v) is 5.04. The largest absolute Gasteiger partial charge is 0.452 e. The van der Waals surface area contributed by atoms with Crippen molar-refractivity contribution in [3.63, 3.8) is 0 Å². The average molecular weight is 372 g/mol. The summed E-state index contributed by atoms with van der Waals surface area (Å²) in [6.45, 7) is 1.14. The van der Waals surface area contributed by atoms with E-state index in [4.69, 9.17) is 4.74 Å². The zero-order valence-corrected chi connectivity index (χ0v) is 15.1. The number of rotatable bonds is 5. The van der Waals surface area contributed by atoms with Crippen molar-refractivity contribution in [2.75, 3.05) is 25.0 Å². The van der Waals surface area contributed by atoms with Crippen molar-refractivity contribution in [2.24, 2.45) is 0 Å². The van der Waals surface area contributed by atoms with Crippen LogP contribution in [0.2, 0.25) is 0 Å². The van der Waals surface area contributed by atoms with Crippen LogP contribution < -0.4 is 5.32 Å². The van der Waals surface area contributed by atoms with E-state index in [1.54, 1.807) is 46.7 Å². The molecule has 0 unspecified atom stereocenters. The van der Waals surface area contributed by atoms with Gasteiger partial charge in [0.05, 0.1) is 16.1 Å². The van der Waals surface area contributed by atoms with Gasteiger partial charge in [0, 0.05) is 13.1 Å². The Kier molecular flexibility index (Phi) is 6.01. The lowest BCUT2D eigenvalue weighted by molar-refractivity contribution is -0.135. The van der Waals surface area contributed by atoms with Crippen LogP contribution in [0.25, 0.3) is 0 Å². The highest BCUT2D eigenvalue weighted by molar-refractivity contribution is 7.12. The zero-order chi connectivity index (χ0) is 18.4. The molecule has 0 atom stereocenters. The number of carbonyl (C=O) groups is 3. The predicted molar refractivity (Wildman–Crippen MR) is 99.4 cm³/mol. The van der Waals surface area contributed by atoms with Gasteiger partial charge in [-0.25, -0.2) is 4.79 Å². The Morgan fingerprint density at radius 3 is 2.54 bits per heavy atom. The molecule has 1 aliphatic rings. The van der Waals surface area contributed by atoms with Crippen LogP contribution in [0.1, 0.15) is 39.3 Å². The summed E-state index contributed by atoms with van der Waals surface area (Å²) < 4.78 is 5.18. The van der Waals surface area contributed by atoms with Crippen LogP contribution in [0, 0.1) is 0 Å². The van der Waals surface area contributed by atoms with Gasteiger partial charge in [-0.3, -0.25) is 9.59 Å². The molecule has 1 N–H and O–H groups in total. The molecule has 1 fully saturated rings. The monoisotopic (exact) mass is 372 g/mol. The minimum absolute atomic E-state index is 0.182. The highest BCUT2D eigenvalue weighted by Crippen LogP contribution is 2.19. The number of likely N-dealkylation sites (tertiary alicyclic amines) is 1. The van der Waals surface area contributed by atoms with Gasteiger partial charge in [-0.2, -0.15) is 0 Å². The van der Waals surface area contributed by atoms with Gasteiger partial charge in [0.2, 0.25) is 0 Å². The first kappa shape index (κ1) is 18.1. The molecule has 1 aliphatic heterocycles. The third-order valence-electron chi connectivity index (χ3n) is 4.18. The fourth-order valence-electron chi connectivity index (χ4n) is 2.80. The van der Waals surface area contributed by atoms with Gasteiger partial charge in [-0.1, -0.05) is 18.2 Å². The summed E-state index contributed by atoms with van der Waals surface area (Å²) in [4.78, 5) is 39.0. The van der Waals surface area contributed by atoms with Crippen LogP contribution in [0.4, 0.5) is 5.69 Å². The smallest absolute Gasteiger partial charge is 0.340 e. The topological polar surface area (TPSA) is 75.7 Å². The van der Waals surface area contributed by atoms with E-state index in [-0.39, 0.29) is 24.0 Å². The molecule has 1 aromatic heterocycles. The Balaban J connectivity index is 1.62. The van der Waals surface area contributed by atoms with Gasteiger partial charge < -0.3 is 15.0 Å². The summed E-state index contributed by atoms with van der Waals surface area (Å²) in [5, 5.41) is 4.53. The Morgan fingerprint density at radius 1 is 1.04 bits per heavy atom. The maximum absolute atomic E-state index is 12.4. The van der Waals surface area contributed by atoms with Crippen LogP contribution in [0.15, 0.2) is 41.8 Å². The number of benzene rings is 1. The highest BCUT2D eigenvalue weighted by atomic mass is 32.1. The second-order valence-corrected chi connectivity index (χ2v) is 6.94. The summed E-state index contributed by atoms with van der Waals surface area (Å²) >= 11 is 1.32. The van der Waals surface area contributed by atoms with E-state index < -0.39 is 5.97 Å². The Labute approximate surface area is 155 Å². The SMILES string of the molecule is O=C(Nc1ccccc1C(=O)OCC(=O)N1CCCCC1)c1cccs1. The van der Waals surface area contributed by atoms with Gasteiger partial charge in [-0.15, -0.1) is 11.3 Å². The number of para-hydroxylation sites is 1. The van der Waals surface area contributed by atoms with Crippen molar-refractivity contribution in [3.05, 3.63) is 52.2 Å². The van der Waals surface area contributed by atoms with Crippen LogP contribution in [-0.2, 0) is 9.53 Å². The second-order valence-electron chi connectivity index (χ2n) is 5.99. The van der Waals surface area contributed by atoms with E-state index in [9.17, 15) is 14.4 Å². The summed E-state index contributed by atoms with van der Waals surface area (Å²) in [7, 11) is 0. The molecule has 2 heterocycles. The lowest BCUT2D eigenvalue weighted by Crippen LogP contribution is -2.38. The van der Waals surface area contributed by atoms with Crippen LogP contribution in [0.5, 0.6) is 0 Å². The van der Waals surface area contributed by atoms with Crippen LogP contribution in [-0.4, -0.2) is 42.4 Å². The van der Waals surface area contributed by atoms with Crippen molar-refractivity contribution < 1.29 is 19.1 Å². The fraction of sp³-hybridized carbons (Fsp3) is 0.316. The number of thiophene rings is 1. The van der Waals surface area contributed by atoms with Crippen LogP contribution in [0.3, 0.4) is 0 Å². The Hall–Kier alpha value is -2.67. The molecule has 3 rings (SSSR count). The number of hydrogen-bond acceptors (Lipinski definition) is 5. The third kappa shape index (κ3) is 4.49. The molecule has 2 aromatic rings. The number of nitrogens with one attached hydrogen (secondary N) is 1. The number of anilines is 1. The minimum Gasteiger partial charge on any atom is -0.452 e. The van der Waals surface area contributed by atoms with Crippen molar-refractivity contribution in [2.45, 2.75) is 19.3 Å². The summed E-state index contributed by atoms with van der Waals surface area (Å²) in [5.41, 5.74) is 0.588. The maximum atomic E-state index is 12.4. The fourth-order valence-corrected chi connectivity index (χ4v) is 3.42.